The molecule has 1 aromatic carbocycles. The van der Waals surface area contributed by atoms with Crippen molar-refractivity contribution in [1.29, 1.82) is 0 Å². The Bertz CT molecular complexity index is 513. The third kappa shape index (κ3) is 3.98. The quantitative estimate of drug-likeness (QED) is 0.822. The largest absolute Gasteiger partial charge is 0.493 e. The van der Waals surface area contributed by atoms with Gasteiger partial charge < -0.3 is 14.8 Å². The van der Waals surface area contributed by atoms with Crippen LogP contribution in [-0.2, 0) is 27.2 Å². The van der Waals surface area contributed by atoms with E-state index >= 15 is 0 Å². The van der Waals surface area contributed by atoms with Gasteiger partial charge in [0.25, 0.3) is 5.91 Å². The molecule has 0 saturated carbocycles. The molecule has 0 aliphatic carbocycles. The summed E-state index contributed by atoms with van der Waals surface area (Å²) in [5.41, 5.74) is 2.38. The zero-order valence-electron chi connectivity index (χ0n) is 11.8. The summed E-state index contributed by atoms with van der Waals surface area (Å²) in [6.07, 6.45) is 1.68. The molecule has 0 unspecified atom stereocenters. The maximum Gasteiger partial charge on any atom is 0.303 e. The number of carbonyl (C=O) groups excluding carboxylic acids is 2. The molecule has 1 amide bonds. The highest BCUT2D eigenvalue weighted by Crippen LogP contribution is 2.26. The van der Waals surface area contributed by atoms with Gasteiger partial charge in [-0.05, 0) is 30.5 Å². The first kappa shape index (κ1) is 14.4. The van der Waals surface area contributed by atoms with Gasteiger partial charge in [-0.1, -0.05) is 12.1 Å². The van der Waals surface area contributed by atoms with Crippen LogP contribution in [0.3, 0.4) is 0 Å². The van der Waals surface area contributed by atoms with Gasteiger partial charge in [0.15, 0.2) is 6.61 Å². The number of esters is 1. The second-order valence-electron chi connectivity index (χ2n) is 4.99. The maximum atomic E-state index is 11.5. The summed E-state index contributed by atoms with van der Waals surface area (Å²) in [5, 5.41) is 2.80. The van der Waals surface area contributed by atoms with Gasteiger partial charge in [-0.3, -0.25) is 9.59 Å². The lowest BCUT2D eigenvalue weighted by molar-refractivity contribution is -0.146. The number of fused-ring (bicyclic) bond motifs is 1. The molecule has 1 aliphatic heterocycles. The van der Waals surface area contributed by atoms with Crippen molar-refractivity contribution >= 4 is 11.9 Å². The molecule has 0 bridgehead atoms. The third-order valence-electron chi connectivity index (χ3n) is 3.11. The molecule has 0 spiro atoms. The Hall–Kier alpha value is -2.04. The van der Waals surface area contributed by atoms with Crippen molar-refractivity contribution in [2.75, 3.05) is 13.2 Å². The molecule has 0 saturated heterocycles. The summed E-state index contributed by atoms with van der Waals surface area (Å²) >= 11 is 0. The standard InChI is InChI=1S/C15H19NO4/c1-10(16-15(18)9-20-11(2)17)7-12-3-4-14-13(8-12)5-6-19-14/h3-4,8,10H,5-7,9H2,1-2H3,(H,16,18)/t10-/m0/s1. The van der Waals surface area contributed by atoms with Crippen LogP contribution in [0.25, 0.3) is 0 Å². The molecule has 0 fully saturated rings. The Labute approximate surface area is 118 Å². The molecule has 1 aromatic rings. The van der Waals surface area contributed by atoms with E-state index in [9.17, 15) is 9.59 Å². The lowest BCUT2D eigenvalue weighted by atomic mass is 10.0. The zero-order chi connectivity index (χ0) is 14.5. The van der Waals surface area contributed by atoms with Gasteiger partial charge in [0.05, 0.1) is 6.61 Å². The van der Waals surface area contributed by atoms with Crippen molar-refractivity contribution in [3.05, 3.63) is 29.3 Å². The average Bonchev–Trinajstić information content (AvgIpc) is 2.83. The van der Waals surface area contributed by atoms with Gasteiger partial charge in [-0.25, -0.2) is 0 Å². The first-order chi connectivity index (χ1) is 9.54. The van der Waals surface area contributed by atoms with Gasteiger partial charge in [0.1, 0.15) is 5.75 Å². The van der Waals surface area contributed by atoms with Crippen LogP contribution in [0.1, 0.15) is 25.0 Å². The molecular formula is C15H19NO4. The number of rotatable bonds is 5. The fourth-order valence-corrected chi connectivity index (χ4v) is 2.26. The number of ether oxygens (including phenoxy) is 2. The second-order valence-corrected chi connectivity index (χ2v) is 4.99. The molecule has 20 heavy (non-hydrogen) atoms. The smallest absolute Gasteiger partial charge is 0.303 e. The molecule has 1 atom stereocenters. The van der Waals surface area contributed by atoms with Crippen molar-refractivity contribution in [1.82, 2.24) is 5.32 Å². The van der Waals surface area contributed by atoms with Crippen molar-refractivity contribution < 1.29 is 19.1 Å². The normalized spacial score (nSPS) is 14.1. The van der Waals surface area contributed by atoms with Crippen molar-refractivity contribution in [2.24, 2.45) is 0 Å². The van der Waals surface area contributed by atoms with E-state index < -0.39 is 5.97 Å². The summed E-state index contributed by atoms with van der Waals surface area (Å²) < 4.78 is 10.1. The van der Waals surface area contributed by atoms with E-state index in [-0.39, 0.29) is 18.6 Å². The molecule has 5 nitrogen and oxygen atoms in total. The first-order valence-corrected chi connectivity index (χ1v) is 6.72. The molecule has 1 heterocycles. The van der Waals surface area contributed by atoms with Gasteiger partial charge in [0.2, 0.25) is 0 Å². The molecule has 0 aromatic heterocycles. The van der Waals surface area contributed by atoms with Crippen molar-refractivity contribution in [2.45, 2.75) is 32.7 Å². The Morgan fingerprint density at radius 2 is 2.25 bits per heavy atom. The van der Waals surface area contributed by atoms with Gasteiger partial charge in [0, 0.05) is 19.4 Å². The van der Waals surface area contributed by atoms with E-state index in [4.69, 9.17) is 4.74 Å². The monoisotopic (exact) mass is 277 g/mol. The fraction of sp³-hybridized carbons (Fsp3) is 0.467. The predicted molar refractivity (Wildman–Crippen MR) is 73.6 cm³/mol. The lowest BCUT2D eigenvalue weighted by Gasteiger charge is -2.14. The molecule has 1 N–H and O–H groups in total. The zero-order valence-corrected chi connectivity index (χ0v) is 11.8. The van der Waals surface area contributed by atoms with Crippen molar-refractivity contribution in [3.63, 3.8) is 0 Å². The molecule has 5 heteroatoms. The van der Waals surface area contributed by atoms with Crippen LogP contribution in [0, 0.1) is 0 Å². The SMILES string of the molecule is CC(=O)OCC(=O)N[C@@H](C)Cc1ccc2c(c1)CCO2. The average molecular weight is 277 g/mol. The number of hydrogen-bond acceptors (Lipinski definition) is 4. The van der Waals surface area contributed by atoms with E-state index in [1.165, 1.54) is 12.5 Å². The maximum absolute atomic E-state index is 11.5. The van der Waals surface area contributed by atoms with E-state index in [0.717, 1.165) is 30.8 Å². The first-order valence-electron chi connectivity index (χ1n) is 6.72. The highest BCUT2D eigenvalue weighted by Gasteiger charge is 2.14. The van der Waals surface area contributed by atoms with Gasteiger partial charge >= 0.3 is 5.97 Å². The number of benzene rings is 1. The lowest BCUT2D eigenvalue weighted by Crippen LogP contribution is -2.36. The van der Waals surface area contributed by atoms with E-state index in [0.29, 0.717) is 0 Å². The highest BCUT2D eigenvalue weighted by atomic mass is 16.5. The minimum absolute atomic E-state index is 0.0153. The van der Waals surface area contributed by atoms with Crippen LogP contribution < -0.4 is 10.1 Å². The van der Waals surface area contributed by atoms with Crippen molar-refractivity contribution in [3.8, 4) is 5.75 Å². The van der Waals surface area contributed by atoms with E-state index in [1.54, 1.807) is 0 Å². The summed E-state index contributed by atoms with van der Waals surface area (Å²) in [6, 6.07) is 6.10. The van der Waals surface area contributed by atoms with Crippen LogP contribution in [-0.4, -0.2) is 31.1 Å². The molecular weight excluding hydrogens is 258 g/mol. The van der Waals surface area contributed by atoms with Gasteiger partial charge in [-0.2, -0.15) is 0 Å². The van der Waals surface area contributed by atoms with Gasteiger partial charge in [-0.15, -0.1) is 0 Å². The number of carbonyl (C=O) groups is 2. The predicted octanol–water partition coefficient (Wildman–Crippen LogP) is 1.23. The van der Waals surface area contributed by atoms with Crippen LogP contribution in [0.15, 0.2) is 18.2 Å². The molecule has 1 aliphatic rings. The van der Waals surface area contributed by atoms with Crippen LogP contribution in [0.2, 0.25) is 0 Å². The Balaban J connectivity index is 1.83. The fourth-order valence-electron chi connectivity index (χ4n) is 2.26. The molecule has 108 valence electrons. The number of amides is 1. The van der Waals surface area contributed by atoms with Crippen LogP contribution in [0.5, 0.6) is 5.75 Å². The molecule has 0 radical (unpaired) electrons. The molecule has 2 rings (SSSR count). The third-order valence-corrected chi connectivity index (χ3v) is 3.11. The summed E-state index contributed by atoms with van der Waals surface area (Å²) in [5.74, 6) is 0.226. The minimum Gasteiger partial charge on any atom is -0.493 e. The summed E-state index contributed by atoms with van der Waals surface area (Å²) in [7, 11) is 0. The Morgan fingerprint density at radius 1 is 1.45 bits per heavy atom. The van der Waals surface area contributed by atoms with Crippen LogP contribution in [0.4, 0.5) is 0 Å². The van der Waals surface area contributed by atoms with Crippen LogP contribution >= 0.6 is 0 Å². The minimum atomic E-state index is -0.452. The topological polar surface area (TPSA) is 64.6 Å². The summed E-state index contributed by atoms with van der Waals surface area (Å²) in [4.78, 5) is 22.1. The number of hydrogen-bond donors (Lipinski definition) is 1. The highest BCUT2D eigenvalue weighted by molar-refractivity contribution is 5.80. The van der Waals surface area contributed by atoms with E-state index in [1.807, 2.05) is 19.1 Å². The Morgan fingerprint density at radius 3 is 3.00 bits per heavy atom. The Kier molecular flexibility index (Phi) is 4.61. The van der Waals surface area contributed by atoms with E-state index in [2.05, 4.69) is 16.1 Å². The second kappa shape index (κ2) is 6.41. The summed E-state index contributed by atoms with van der Waals surface area (Å²) in [6.45, 7) is 3.73. The number of nitrogens with one attached hydrogen (secondary N) is 1.